The fraction of sp³-hybridized carbons (Fsp3) is 0.810. The van der Waals surface area contributed by atoms with Gasteiger partial charge < -0.3 is 5.11 Å². The zero-order valence-corrected chi connectivity index (χ0v) is 13.9. The van der Waals surface area contributed by atoms with Gasteiger partial charge in [0.05, 0.1) is 6.10 Å². The van der Waals surface area contributed by atoms with Crippen LogP contribution in [0, 0.1) is 40.4 Å². The Kier molecular flexibility index (Phi) is 2.70. The first-order valence-corrected chi connectivity index (χ1v) is 9.62. The summed E-state index contributed by atoms with van der Waals surface area (Å²) in [6, 6.07) is 0. The van der Waals surface area contributed by atoms with Gasteiger partial charge in [0.15, 0.2) is 0 Å². The third kappa shape index (κ3) is 1.45. The summed E-state index contributed by atoms with van der Waals surface area (Å²) in [6.45, 7) is 6.72. The van der Waals surface area contributed by atoms with E-state index in [4.69, 9.17) is 0 Å². The Balaban J connectivity index is 1.59. The Hall–Kier alpha value is -0.560. The Labute approximate surface area is 134 Å². The van der Waals surface area contributed by atoms with Crippen molar-refractivity contribution in [2.75, 3.05) is 0 Å². The summed E-state index contributed by atoms with van der Waals surface area (Å²) in [7, 11) is 0. The van der Waals surface area contributed by atoms with Gasteiger partial charge in [0.1, 0.15) is 0 Å². The second-order valence-corrected chi connectivity index (χ2v) is 9.35. The highest BCUT2D eigenvalue weighted by Crippen LogP contribution is 2.69. The zero-order chi connectivity index (χ0) is 15.1. The van der Waals surface area contributed by atoms with Gasteiger partial charge in [-0.25, -0.2) is 0 Å². The predicted octanol–water partition coefficient (Wildman–Crippen LogP) is 4.72. The molecule has 0 spiro atoms. The van der Waals surface area contributed by atoms with E-state index in [9.17, 15) is 5.11 Å². The van der Waals surface area contributed by atoms with E-state index in [1.807, 2.05) is 0 Å². The Morgan fingerprint density at radius 2 is 2.00 bits per heavy atom. The van der Waals surface area contributed by atoms with Gasteiger partial charge in [-0.05, 0) is 86.4 Å². The van der Waals surface area contributed by atoms with Crippen molar-refractivity contribution >= 4 is 0 Å². The molecule has 0 heterocycles. The molecule has 3 saturated carbocycles. The van der Waals surface area contributed by atoms with E-state index in [0.29, 0.717) is 5.41 Å². The molecule has 3 fully saturated rings. The van der Waals surface area contributed by atoms with E-state index in [0.717, 1.165) is 36.0 Å². The van der Waals surface area contributed by atoms with Crippen LogP contribution in [0.2, 0.25) is 0 Å². The van der Waals surface area contributed by atoms with E-state index in [2.05, 4.69) is 25.7 Å². The number of hydrogen-bond donors (Lipinski definition) is 1. The Bertz CT molecular complexity index is 548. The minimum Gasteiger partial charge on any atom is -0.393 e. The fourth-order valence-electron chi connectivity index (χ4n) is 7.81. The van der Waals surface area contributed by atoms with Crippen LogP contribution >= 0.6 is 0 Å². The number of allylic oxidation sites excluding steroid dienone is 3. The largest absolute Gasteiger partial charge is 0.393 e. The van der Waals surface area contributed by atoms with Crippen LogP contribution in [-0.2, 0) is 0 Å². The molecular formula is C21H30O. The van der Waals surface area contributed by atoms with Gasteiger partial charge in [-0.2, -0.15) is 0 Å². The van der Waals surface area contributed by atoms with Crippen molar-refractivity contribution in [2.45, 2.75) is 64.4 Å². The number of aliphatic hydroxyl groups is 1. The molecule has 5 rings (SSSR count). The molecule has 2 bridgehead atoms. The normalized spacial score (nSPS) is 58.7. The van der Waals surface area contributed by atoms with Crippen LogP contribution in [0.4, 0.5) is 0 Å². The average Bonchev–Trinajstić information content (AvgIpc) is 3.04. The van der Waals surface area contributed by atoms with Gasteiger partial charge in [0, 0.05) is 5.41 Å². The third-order valence-electron chi connectivity index (χ3n) is 8.88. The molecule has 1 heteroatoms. The standard InChI is InChI=1S/C21H30O/c1-3-21-9-6-13-10-14(18(21)11-13)12-15-16-4-5-19(22)20(16,2)8-7-17(15)21/h3,11,13-17,19,22H,1,4-10,12H2,2H3/t13?,14?,15-,16-,17-,19-,20-,21+/m0/s1. The maximum absolute atomic E-state index is 10.6. The molecule has 0 aliphatic heterocycles. The van der Waals surface area contributed by atoms with Crippen molar-refractivity contribution in [3.63, 3.8) is 0 Å². The lowest BCUT2D eigenvalue weighted by Crippen LogP contribution is -2.52. The summed E-state index contributed by atoms with van der Waals surface area (Å²) < 4.78 is 0. The van der Waals surface area contributed by atoms with E-state index < -0.39 is 0 Å². The van der Waals surface area contributed by atoms with Crippen LogP contribution in [0.1, 0.15) is 58.3 Å². The first-order chi connectivity index (χ1) is 10.6. The van der Waals surface area contributed by atoms with Crippen LogP contribution in [0.15, 0.2) is 24.3 Å². The number of aliphatic hydroxyl groups excluding tert-OH is 1. The van der Waals surface area contributed by atoms with Crippen LogP contribution in [0.25, 0.3) is 0 Å². The van der Waals surface area contributed by atoms with Gasteiger partial charge in [-0.3, -0.25) is 0 Å². The summed E-state index contributed by atoms with van der Waals surface area (Å²) in [5.41, 5.74) is 2.33. The van der Waals surface area contributed by atoms with E-state index in [1.54, 1.807) is 5.57 Å². The van der Waals surface area contributed by atoms with Crippen LogP contribution in [-0.4, -0.2) is 11.2 Å². The molecule has 0 aromatic carbocycles. The summed E-state index contributed by atoms with van der Waals surface area (Å²) in [6.07, 6.45) is 15.4. The lowest BCUT2D eigenvalue weighted by molar-refractivity contribution is -0.0718. The summed E-state index contributed by atoms with van der Waals surface area (Å²) in [4.78, 5) is 0. The topological polar surface area (TPSA) is 20.2 Å². The average molecular weight is 298 g/mol. The SMILES string of the molecule is C=C[C@]12CCC3C=C1C(C3)C[C@H]1[C@@H]3CC[C@H](O)[C@@]3(C)CC[C@@H]12. The van der Waals surface area contributed by atoms with E-state index >= 15 is 0 Å². The first kappa shape index (κ1) is 13.8. The summed E-state index contributed by atoms with van der Waals surface area (Å²) in [5.74, 6) is 4.13. The molecule has 0 amide bonds. The molecule has 1 nitrogen and oxygen atoms in total. The minimum atomic E-state index is -0.0463. The van der Waals surface area contributed by atoms with Crippen LogP contribution in [0.5, 0.6) is 0 Å². The third-order valence-corrected chi connectivity index (χ3v) is 8.88. The molecule has 5 aliphatic carbocycles. The van der Waals surface area contributed by atoms with Crippen molar-refractivity contribution in [3.05, 3.63) is 24.3 Å². The maximum atomic E-state index is 10.6. The second-order valence-electron chi connectivity index (χ2n) is 9.35. The molecule has 8 atom stereocenters. The fourth-order valence-corrected chi connectivity index (χ4v) is 7.81. The van der Waals surface area contributed by atoms with Crippen molar-refractivity contribution in [2.24, 2.45) is 40.4 Å². The van der Waals surface area contributed by atoms with Gasteiger partial charge >= 0.3 is 0 Å². The van der Waals surface area contributed by atoms with Gasteiger partial charge in [0.25, 0.3) is 0 Å². The molecular weight excluding hydrogens is 268 g/mol. The van der Waals surface area contributed by atoms with Crippen molar-refractivity contribution in [3.8, 4) is 0 Å². The maximum Gasteiger partial charge on any atom is 0.0596 e. The smallest absolute Gasteiger partial charge is 0.0596 e. The van der Waals surface area contributed by atoms with Crippen molar-refractivity contribution in [1.82, 2.24) is 0 Å². The molecule has 0 radical (unpaired) electrons. The van der Waals surface area contributed by atoms with Crippen LogP contribution < -0.4 is 0 Å². The monoisotopic (exact) mass is 298 g/mol. The Morgan fingerprint density at radius 3 is 2.82 bits per heavy atom. The highest BCUT2D eigenvalue weighted by Gasteiger charge is 2.62. The predicted molar refractivity (Wildman–Crippen MR) is 89.2 cm³/mol. The quantitative estimate of drug-likeness (QED) is 0.694. The number of hydrogen-bond acceptors (Lipinski definition) is 1. The number of fused-ring (bicyclic) bond motifs is 5. The number of rotatable bonds is 1. The van der Waals surface area contributed by atoms with Crippen molar-refractivity contribution < 1.29 is 5.11 Å². The summed E-state index contributed by atoms with van der Waals surface area (Å²) in [5, 5.41) is 10.6. The molecule has 0 aromatic rings. The molecule has 0 saturated heterocycles. The minimum absolute atomic E-state index is 0.0463. The van der Waals surface area contributed by atoms with E-state index in [-0.39, 0.29) is 11.5 Å². The second kappa shape index (κ2) is 4.29. The lowest BCUT2D eigenvalue weighted by Gasteiger charge is -2.58. The molecule has 22 heavy (non-hydrogen) atoms. The lowest BCUT2D eigenvalue weighted by atomic mass is 9.46. The Morgan fingerprint density at radius 1 is 1.14 bits per heavy atom. The van der Waals surface area contributed by atoms with Gasteiger partial charge in [-0.15, -0.1) is 6.58 Å². The molecule has 5 aliphatic rings. The zero-order valence-electron chi connectivity index (χ0n) is 13.9. The summed E-state index contributed by atoms with van der Waals surface area (Å²) >= 11 is 0. The van der Waals surface area contributed by atoms with Gasteiger partial charge in [-0.1, -0.05) is 24.6 Å². The molecule has 120 valence electrons. The molecule has 2 unspecified atom stereocenters. The molecule has 0 aromatic heterocycles. The van der Waals surface area contributed by atoms with Crippen molar-refractivity contribution in [1.29, 1.82) is 0 Å². The van der Waals surface area contributed by atoms with E-state index in [1.165, 1.54) is 44.9 Å². The molecule has 1 N–H and O–H groups in total. The van der Waals surface area contributed by atoms with Gasteiger partial charge in [0.2, 0.25) is 0 Å². The first-order valence-electron chi connectivity index (χ1n) is 9.62. The van der Waals surface area contributed by atoms with Crippen LogP contribution in [0.3, 0.4) is 0 Å². The highest BCUT2D eigenvalue weighted by atomic mass is 16.3. The highest BCUT2D eigenvalue weighted by molar-refractivity contribution is 5.36.